The molecule has 0 aliphatic carbocycles. The van der Waals surface area contributed by atoms with Gasteiger partial charge in [0.15, 0.2) is 23.0 Å². The summed E-state index contributed by atoms with van der Waals surface area (Å²) in [6.45, 7) is 0.605. The van der Waals surface area contributed by atoms with Gasteiger partial charge in [0.1, 0.15) is 0 Å². The van der Waals surface area contributed by atoms with E-state index < -0.39 is 0 Å². The number of anilines is 1. The highest BCUT2D eigenvalue weighted by Crippen LogP contribution is 2.40. The molecule has 1 heterocycles. The van der Waals surface area contributed by atoms with E-state index in [0.29, 0.717) is 29.5 Å². The minimum absolute atomic E-state index is 0.158. The van der Waals surface area contributed by atoms with E-state index in [1.807, 2.05) is 18.2 Å². The monoisotopic (exact) mass is 371 g/mol. The molecule has 0 saturated carbocycles. The molecule has 0 bridgehead atoms. The molecule has 0 aromatic heterocycles. The lowest BCUT2D eigenvalue weighted by Crippen LogP contribution is -2.16. The molecule has 1 aliphatic heterocycles. The molecule has 0 atom stereocenters. The number of hydrogen-bond acceptors (Lipinski definition) is 6. The summed E-state index contributed by atoms with van der Waals surface area (Å²) in [6, 6.07) is 7.54. The lowest BCUT2D eigenvalue weighted by Gasteiger charge is -2.24. The Bertz CT molecular complexity index is 822. The molecular formula is C21H25NO5. The summed E-state index contributed by atoms with van der Waals surface area (Å²) in [5.74, 6) is 2.43. The standard InChI is InChI=1S/C21H25NO5/c1-24-18-12-16-15(11-17(18)23)7-5-6-8-22(16)13-14-9-19(25-2)21(27-4)20(10-14)26-3/h6,8-12,23H,5,7,13H2,1-4H3. The SMILES string of the molecule is COc1cc2c(cc1O)CCC=CN2Cc1cc(OC)c(OC)c(OC)c1. The van der Waals surface area contributed by atoms with Crippen LogP contribution in [-0.4, -0.2) is 33.5 Å². The van der Waals surface area contributed by atoms with E-state index in [9.17, 15) is 5.11 Å². The molecule has 0 radical (unpaired) electrons. The van der Waals surface area contributed by atoms with Crippen molar-refractivity contribution >= 4 is 5.69 Å². The van der Waals surface area contributed by atoms with Gasteiger partial charge < -0.3 is 29.0 Å². The van der Waals surface area contributed by atoms with Gasteiger partial charge in [0, 0.05) is 24.5 Å². The average Bonchev–Trinajstić information content (AvgIpc) is 2.88. The molecule has 2 aromatic carbocycles. The molecule has 6 nitrogen and oxygen atoms in total. The summed E-state index contributed by atoms with van der Waals surface area (Å²) in [6.07, 6.45) is 5.95. The zero-order valence-electron chi connectivity index (χ0n) is 16.1. The van der Waals surface area contributed by atoms with Crippen molar-refractivity contribution in [2.75, 3.05) is 33.3 Å². The molecule has 1 aliphatic rings. The first-order valence-electron chi connectivity index (χ1n) is 8.73. The van der Waals surface area contributed by atoms with E-state index in [-0.39, 0.29) is 5.75 Å². The highest BCUT2D eigenvalue weighted by atomic mass is 16.5. The number of benzene rings is 2. The predicted molar refractivity (Wildman–Crippen MR) is 104 cm³/mol. The van der Waals surface area contributed by atoms with E-state index in [4.69, 9.17) is 18.9 Å². The molecule has 0 spiro atoms. The van der Waals surface area contributed by atoms with Gasteiger partial charge in [0.2, 0.25) is 5.75 Å². The lowest BCUT2D eigenvalue weighted by molar-refractivity contribution is 0.324. The van der Waals surface area contributed by atoms with Crippen LogP contribution in [0.4, 0.5) is 5.69 Å². The van der Waals surface area contributed by atoms with Crippen molar-refractivity contribution in [3.63, 3.8) is 0 Å². The summed E-state index contributed by atoms with van der Waals surface area (Å²) in [5, 5.41) is 10.1. The molecular weight excluding hydrogens is 346 g/mol. The van der Waals surface area contributed by atoms with Crippen molar-refractivity contribution in [3.8, 4) is 28.7 Å². The van der Waals surface area contributed by atoms with Crippen molar-refractivity contribution in [2.24, 2.45) is 0 Å². The van der Waals surface area contributed by atoms with Crippen LogP contribution in [-0.2, 0) is 13.0 Å². The maximum absolute atomic E-state index is 10.1. The normalized spacial score (nSPS) is 13.0. The van der Waals surface area contributed by atoms with Crippen LogP contribution in [0.1, 0.15) is 17.5 Å². The highest BCUT2D eigenvalue weighted by Gasteiger charge is 2.19. The number of fused-ring (bicyclic) bond motifs is 1. The third kappa shape index (κ3) is 3.74. The number of aryl methyl sites for hydroxylation is 1. The van der Waals surface area contributed by atoms with E-state index in [2.05, 4.69) is 17.2 Å². The van der Waals surface area contributed by atoms with Crippen molar-refractivity contribution in [1.82, 2.24) is 0 Å². The summed E-state index contributed by atoms with van der Waals surface area (Å²) in [4.78, 5) is 2.13. The second-order valence-corrected chi connectivity index (χ2v) is 6.24. The van der Waals surface area contributed by atoms with Crippen LogP contribution in [0.2, 0.25) is 0 Å². The average molecular weight is 371 g/mol. The Hall–Kier alpha value is -3.02. The Kier molecular flexibility index (Phi) is 5.64. The van der Waals surface area contributed by atoms with E-state index >= 15 is 0 Å². The Morgan fingerprint density at radius 1 is 0.889 bits per heavy atom. The Morgan fingerprint density at radius 3 is 2.15 bits per heavy atom. The number of rotatable bonds is 6. The lowest BCUT2D eigenvalue weighted by atomic mass is 10.1. The number of aromatic hydroxyl groups is 1. The Morgan fingerprint density at radius 2 is 1.56 bits per heavy atom. The minimum atomic E-state index is 0.158. The van der Waals surface area contributed by atoms with Gasteiger partial charge in [-0.3, -0.25) is 0 Å². The molecule has 27 heavy (non-hydrogen) atoms. The van der Waals surface area contributed by atoms with Crippen molar-refractivity contribution in [1.29, 1.82) is 0 Å². The zero-order valence-corrected chi connectivity index (χ0v) is 16.1. The molecule has 3 rings (SSSR count). The summed E-state index contributed by atoms with van der Waals surface area (Å²) in [7, 11) is 6.36. The smallest absolute Gasteiger partial charge is 0.203 e. The van der Waals surface area contributed by atoms with Crippen LogP contribution >= 0.6 is 0 Å². The second kappa shape index (κ2) is 8.12. The predicted octanol–water partition coefficient (Wildman–Crippen LogP) is 3.89. The Labute approximate surface area is 159 Å². The number of ether oxygens (including phenoxy) is 4. The maximum atomic E-state index is 10.1. The molecule has 1 N–H and O–H groups in total. The quantitative estimate of drug-likeness (QED) is 0.831. The molecule has 144 valence electrons. The van der Waals surface area contributed by atoms with Crippen molar-refractivity contribution < 1.29 is 24.1 Å². The first-order valence-corrected chi connectivity index (χ1v) is 8.73. The minimum Gasteiger partial charge on any atom is -0.504 e. The number of phenolic OH excluding ortho intramolecular Hbond substituents is 1. The van der Waals surface area contributed by atoms with Crippen LogP contribution in [0.25, 0.3) is 0 Å². The highest BCUT2D eigenvalue weighted by molar-refractivity contribution is 5.64. The first kappa shape index (κ1) is 18.8. The summed E-state index contributed by atoms with van der Waals surface area (Å²) < 4.78 is 21.6. The number of methoxy groups -OCH3 is 4. The maximum Gasteiger partial charge on any atom is 0.203 e. The third-order valence-corrected chi connectivity index (χ3v) is 4.63. The van der Waals surface area contributed by atoms with Gasteiger partial charge in [0.25, 0.3) is 0 Å². The van der Waals surface area contributed by atoms with E-state index in [1.54, 1.807) is 34.5 Å². The van der Waals surface area contributed by atoms with Gasteiger partial charge in [-0.15, -0.1) is 0 Å². The largest absolute Gasteiger partial charge is 0.504 e. The summed E-state index contributed by atoms with van der Waals surface area (Å²) in [5.41, 5.74) is 3.09. The fourth-order valence-electron chi connectivity index (χ4n) is 3.31. The fourth-order valence-corrected chi connectivity index (χ4v) is 3.31. The molecule has 0 amide bonds. The van der Waals surface area contributed by atoms with Gasteiger partial charge in [0.05, 0.1) is 28.4 Å². The third-order valence-electron chi connectivity index (χ3n) is 4.63. The van der Waals surface area contributed by atoms with Crippen LogP contribution in [0.5, 0.6) is 28.7 Å². The first-order chi connectivity index (χ1) is 13.1. The van der Waals surface area contributed by atoms with Gasteiger partial charge in [-0.25, -0.2) is 0 Å². The van der Waals surface area contributed by atoms with Gasteiger partial charge in [-0.2, -0.15) is 0 Å². The molecule has 0 saturated heterocycles. The zero-order chi connectivity index (χ0) is 19.4. The van der Waals surface area contributed by atoms with Crippen LogP contribution in [0.3, 0.4) is 0 Å². The van der Waals surface area contributed by atoms with E-state index in [1.165, 1.54) is 0 Å². The van der Waals surface area contributed by atoms with Crippen molar-refractivity contribution in [2.45, 2.75) is 19.4 Å². The van der Waals surface area contributed by atoms with Crippen LogP contribution in [0.15, 0.2) is 36.5 Å². The van der Waals surface area contributed by atoms with E-state index in [0.717, 1.165) is 29.7 Å². The molecule has 0 fully saturated rings. The topological polar surface area (TPSA) is 60.4 Å². The number of allylic oxidation sites excluding steroid dienone is 1. The van der Waals surface area contributed by atoms with Crippen LogP contribution < -0.4 is 23.8 Å². The molecule has 0 unspecified atom stereocenters. The molecule has 6 heteroatoms. The van der Waals surface area contributed by atoms with Crippen LogP contribution in [0, 0.1) is 0 Å². The summed E-state index contributed by atoms with van der Waals surface area (Å²) >= 11 is 0. The van der Waals surface area contributed by atoms with Gasteiger partial charge in [-0.05, 0) is 42.2 Å². The number of phenols is 1. The Balaban J connectivity index is 2.01. The second-order valence-electron chi connectivity index (χ2n) is 6.24. The van der Waals surface area contributed by atoms with Gasteiger partial charge >= 0.3 is 0 Å². The number of nitrogens with zero attached hydrogens (tertiary/aromatic N) is 1. The molecule has 2 aromatic rings. The fraction of sp³-hybridized carbons (Fsp3) is 0.333. The number of hydrogen-bond donors (Lipinski definition) is 1. The van der Waals surface area contributed by atoms with Gasteiger partial charge in [-0.1, -0.05) is 6.08 Å². The van der Waals surface area contributed by atoms with Crippen molar-refractivity contribution in [3.05, 3.63) is 47.7 Å².